The molecule has 2 unspecified atom stereocenters. The smallest absolute Gasteiger partial charge is 0.264 e. The summed E-state index contributed by atoms with van der Waals surface area (Å²) in [6, 6.07) is 1.69. The predicted octanol–water partition coefficient (Wildman–Crippen LogP) is -0.0429. The van der Waals surface area contributed by atoms with E-state index in [9.17, 15) is 14.4 Å². The Balaban J connectivity index is 1.79. The van der Waals surface area contributed by atoms with Crippen LogP contribution in [0.5, 0.6) is 0 Å². The molecule has 1 aromatic rings. The first-order valence-electron chi connectivity index (χ1n) is 8.65. The Morgan fingerprint density at radius 3 is 2.74 bits per heavy atom. The minimum atomic E-state index is -0.935. The number of fused-ring (bicyclic) bond motifs is 1. The minimum Gasteiger partial charge on any atom is -0.369 e. The predicted molar refractivity (Wildman–Crippen MR) is 93.8 cm³/mol. The topological polar surface area (TPSA) is 145 Å². The van der Waals surface area contributed by atoms with Crippen LogP contribution >= 0.6 is 0 Å². The van der Waals surface area contributed by atoms with Gasteiger partial charge in [0.2, 0.25) is 11.8 Å². The van der Waals surface area contributed by atoms with Gasteiger partial charge in [0.05, 0.1) is 17.0 Å². The molecular formula is C18H19N5O4. The average Bonchev–Trinajstić information content (AvgIpc) is 2.87. The van der Waals surface area contributed by atoms with Gasteiger partial charge in [-0.1, -0.05) is 17.3 Å². The lowest BCUT2D eigenvalue weighted by molar-refractivity contribution is -0.135. The molecule has 5 rings (SSSR count). The molecule has 3 amide bonds. The van der Waals surface area contributed by atoms with Crippen molar-refractivity contribution in [1.82, 2.24) is 10.1 Å². The van der Waals surface area contributed by atoms with Crippen molar-refractivity contribution < 1.29 is 18.9 Å². The molecule has 9 nitrogen and oxygen atoms in total. The van der Waals surface area contributed by atoms with Gasteiger partial charge in [-0.2, -0.15) is 0 Å². The summed E-state index contributed by atoms with van der Waals surface area (Å²) in [5.74, 6) is -1.51. The second-order valence-corrected chi connectivity index (χ2v) is 7.17. The van der Waals surface area contributed by atoms with Crippen molar-refractivity contribution in [2.45, 2.75) is 26.2 Å². The van der Waals surface area contributed by atoms with E-state index in [0.717, 1.165) is 5.57 Å². The zero-order valence-electron chi connectivity index (χ0n) is 14.8. The van der Waals surface area contributed by atoms with Gasteiger partial charge in [-0.15, -0.1) is 0 Å². The summed E-state index contributed by atoms with van der Waals surface area (Å²) in [5, 5.41) is 3.89. The number of nitrogens with two attached hydrogens (primary N) is 2. The largest absolute Gasteiger partial charge is 0.369 e. The maximum absolute atomic E-state index is 13.3. The van der Waals surface area contributed by atoms with Crippen molar-refractivity contribution in [3.05, 3.63) is 41.1 Å². The fraction of sp³-hybridized carbons (Fsp3) is 0.389. The summed E-state index contributed by atoms with van der Waals surface area (Å²) in [6.07, 6.45) is 4.67. The van der Waals surface area contributed by atoms with Crippen molar-refractivity contribution in [2.24, 2.45) is 27.8 Å². The van der Waals surface area contributed by atoms with E-state index in [1.807, 2.05) is 0 Å². The fourth-order valence-electron chi connectivity index (χ4n) is 3.86. The van der Waals surface area contributed by atoms with E-state index in [2.05, 4.69) is 10.1 Å². The molecule has 2 atom stereocenters. The van der Waals surface area contributed by atoms with Gasteiger partial charge in [0.1, 0.15) is 17.3 Å². The highest BCUT2D eigenvalue weighted by molar-refractivity contribution is 6.43. The van der Waals surface area contributed by atoms with Crippen LogP contribution in [0.25, 0.3) is 0 Å². The van der Waals surface area contributed by atoms with Gasteiger partial charge < -0.3 is 16.0 Å². The lowest BCUT2D eigenvalue weighted by atomic mass is 9.78. The van der Waals surface area contributed by atoms with Crippen LogP contribution in [0.1, 0.15) is 24.3 Å². The Morgan fingerprint density at radius 1 is 1.41 bits per heavy atom. The summed E-state index contributed by atoms with van der Waals surface area (Å²) in [7, 11) is 0. The van der Waals surface area contributed by atoms with Crippen LogP contribution < -0.4 is 11.5 Å². The highest BCUT2D eigenvalue weighted by Gasteiger charge is 2.48. The Hall–Kier alpha value is -3.23. The van der Waals surface area contributed by atoms with Crippen LogP contribution in [0, 0.1) is 18.3 Å². The lowest BCUT2D eigenvalue weighted by Gasteiger charge is -2.35. The third-order valence-corrected chi connectivity index (χ3v) is 5.38. The summed E-state index contributed by atoms with van der Waals surface area (Å²) in [6.45, 7) is 1.83. The standard InChI is InChI=1S/C18H19N5O4/c1-9-6-11(22-27-9)7-12-13(14(19)24)21-15-10-2-4-18(5-3-10,17(20)26)8-23(15)16(12)25/h2,4,6,12H,3,5,7-8H2,1H3,(H2,19,24)(H2,20,26). The molecule has 1 aliphatic carbocycles. The van der Waals surface area contributed by atoms with E-state index in [-0.39, 0.29) is 24.6 Å². The van der Waals surface area contributed by atoms with Crippen LogP contribution in [0.3, 0.4) is 0 Å². The van der Waals surface area contributed by atoms with Gasteiger partial charge in [-0.05, 0) is 25.3 Å². The molecule has 0 saturated carbocycles. The number of aryl methyl sites for hydroxylation is 1. The van der Waals surface area contributed by atoms with Crippen LogP contribution in [0.15, 0.2) is 39.1 Å². The van der Waals surface area contributed by atoms with Crippen LogP contribution in [0.4, 0.5) is 0 Å². The van der Waals surface area contributed by atoms with Gasteiger partial charge in [0.15, 0.2) is 0 Å². The van der Waals surface area contributed by atoms with Crippen LogP contribution in [-0.4, -0.2) is 40.0 Å². The van der Waals surface area contributed by atoms with Gasteiger partial charge in [-0.3, -0.25) is 19.3 Å². The molecule has 9 heteroatoms. The third-order valence-electron chi connectivity index (χ3n) is 5.38. The van der Waals surface area contributed by atoms with Crippen molar-refractivity contribution in [3.63, 3.8) is 0 Å². The molecule has 27 heavy (non-hydrogen) atoms. The first kappa shape index (κ1) is 17.2. The number of hydrogen-bond acceptors (Lipinski definition) is 6. The molecular weight excluding hydrogens is 350 g/mol. The molecule has 4 N–H and O–H groups in total. The van der Waals surface area contributed by atoms with Crippen molar-refractivity contribution in [2.75, 3.05) is 6.54 Å². The third kappa shape index (κ3) is 2.66. The molecule has 1 aromatic heterocycles. The van der Waals surface area contributed by atoms with Gasteiger partial charge >= 0.3 is 0 Å². The number of rotatable bonds is 4. The second kappa shape index (κ2) is 5.90. The van der Waals surface area contributed by atoms with Gasteiger partial charge in [0.25, 0.3) is 5.91 Å². The van der Waals surface area contributed by atoms with Crippen LogP contribution in [-0.2, 0) is 20.8 Å². The number of hydrogen-bond donors (Lipinski definition) is 2. The number of aromatic nitrogens is 1. The van der Waals surface area contributed by atoms with Crippen molar-refractivity contribution in [1.29, 1.82) is 0 Å². The summed E-state index contributed by atoms with van der Waals surface area (Å²) < 4.78 is 5.04. The molecule has 2 bridgehead atoms. The number of nitrogens with zero attached hydrogens (tertiary/aromatic N) is 3. The van der Waals surface area contributed by atoms with E-state index in [4.69, 9.17) is 16.0 Å². The van der Waals surface area contributed by atoms with Crippen LogP contribution in [0.2, 0.25) is 0 Å². The number of allylic oxidation sites excluding steroid dienone is 2. The first-order valence-corrected chi connectivity index (χ1v) is 8.65. The quantitative estimate of drug-likeness (QED) is 0.765. The molecule has 0 spiro atoms. The zero-order chi connectivity index (χ0) is 19.3. The number of amides is 3. The zero-order valence-corrected chi connectivity index (χ0v) is 14.8. The molecule has 0 saturated heterocycles. The molecule has 140 valence electrons. The number of aliphatic imine (C=N–C) groups is 1. The molecule has 4 heterocycles. The number of carbonyl (C=O) groups excluding carboxylic acids is 3. The highest BCUT2D eigenvalue weighted by atomic mass is 16.5. The summed E-state index contributed by atoms with van der Waals surface area (Å²) in [5.41, 5.74) is 11.5. The van der Waals surface area contributed by atoms with Gasteiger partial charge in [0, 0.05) is 19.0 Å². The maximum Gasteiger partial charge on any atom is 0.264 e. The normalized spacial score (nSPS) is 26.7. The monoisotopic (exact) mass is 369 g/mol. The van der Waals surface area contributed by atoms with E-state index in [0.29, 0.717) is 30.1 Å². The highest BCUT2D eigenvalue weighted by Crippen LogP contribution is 2.42. The Bertz CT molecular complexity index is 957. The van der Waals surface area contributed by atoms with E-state index in [1.54, 1.807) is 25.1 Å². The molecule has 0 aromatic carbocycles. The summed E-state index contributed by atoms with van der Waals surface area (Å²) >= 11 is 0. The Morgan fingerprint density at radius 2 is 2.19 bits per heavy atom. The average molecular weight is 369 g/mol. The SMILES string of the molecule is Cc1cc(CC2C(=O)N3CC4(C(N)=O)C=CC(=C3N=C2C(N)=O)CC4)no1. The minimum absolute atomic E-state index is 0.00808. The van der Waals surface area contributed by atoms with Crippen molar-refractivity contribution in [3.8, 4) is 0 Å². The fourth-order valence-corrected chi connectivity index (χ4v) is 3.86. The first-order chi connectivity index (χ1) is 12.8. The van der Waals surface area contributed by atoms with E-state index in [1.165, 1.54) is 4.90 Å². The summed E-state index contributed by atoms with van der Waals surface area (Å²) in [4.78, 5) is 43.3. The van der Waals surface area contributed by atoms with E-state index >= 15 is 0 Å². The lowest BCUT2D eigenvalue weighted by Crippen LogP contribution is -2.52. The molecule has 4 aliphatic rings. The number of primary amides is 2. The Kier molecular flexibility index (Phi) is 3.76. The Labute approximate surface area is 154 Å². The maximum atomic E-state index is 13.3. The van der Waals surface area contributed by atoms with E-state index < -0.39 is 23.1 Å². The molecule has 0 fully saturated rings. The molecule has 0 radical (unpaired) electrons. The number of carbonyl (C=O) groups is 3. The van der Waals surface area contributed by atoms with Gasteiger partial charge in [-0.25, -0.2) is 4.99 Å². The van der Waals surface area contributed by atoms with Crippen molar-refractivity contribution >= 4 is 23.4 Å². The molecule has 3 aliphatic heterocycles. The second-order valence-electron chi connectivity index (χ2n) is 7.17.